The molecule has 54 heavy (non-hydrogen) atoms. The number of hydrogen-bond donors (Lipinski definition) is 7. The molecule has 0 radical (unpaired) electrons. The molecule has 4 amide bonds. The van der Waals surface area contributed by atoms with Crippen LogP contribution in [-0.4, -0.2) is 87.9 Å². The molecule has 0 bridgehead atoms. The van der Waals surface area contributed by atoms with Gasteiger partial charge in [0.1, 0.15) is 30.5 Å². The van der Waals surface area contributed by atoms with Crippen molar-refractivity contribution in [1.82, 2.24) is 16.0 Å². The van der Waals surface area contributed by atoms with Gasteiger partial charge in [-0.15, -0.1) is 0 Å². The quantitative estimate of drug-likeness (QED) is 0.0873. The first-order valence-electron chi connectivity index (χ1n) is 17.1. The largest absolute Gasteiger partial charge is 0.481 e. The number of ether oxygens (including phenoxy) is 2. The standard InChI is InChI=1S/C38H42N4O12/c1-20(2)17-29(33(39)45)40-35(47)30(18-21-11-13-22(14-12-21)54-32(36(48)49)37(50)51)41-34(46)28(15-16-31(43)44)42-38(52)53-19-27-25-9-5-3-7-23(25)24-8-4-6-10-26(24)27/h3-14,20,27-30,32H,15-19H2,1-2H3,(H2,39,45)(H,40,47)(H,41,46)(H,42,52)(H,43,44)(H,48,49)(H,50,51)/t28-,29-,30-/m0/s1. The number of carbonyl (C=O) groups is 7. The summed E-state index contributed by atoms with van der Waals surface area (Å²) in [6, 6.07) is 16.8. The maximum Gasteiger partial charge on any atom is 0.407 e. The number of hydrogen-bond acceptors (Lipinski definition) is 9. The van der Waals surface area contributed by atoms with Crippen molar-refractivity contribution in [3.8, 4) is 16.9 Å². The molecular formula is C38H42N4O12. The van der Waals surface area contributed by atoms with Crippen molar-refractivity contribution in [1.29, 1.82) is 0 Å². The zero-order chi connectivity index (χ0) is 39.5. The van der Waals surface area contributed by atoms with Crippen LogP contribution in [0, 0.1) is 5.92 Å². The van der Waals surface area contributed by atoms with Crippen LogP contribution in [0.25, 0.3) is 11.1 Å². The fourth-order valence-corrected chi connectivity index (χ4v) is 6.07. The predicted octanol–water partition coefficient (Wildman–Crippen LogP) is 2.42. The molecule has 0 saturated heterocycles. The average Bonchev–Trinajstić information content (AvgIpc) is 3.44. The second-order valence-corrected chi connectivity index (χ2v) is 13.1. The van der Waals surface area contributed by atoms with Crippen LogP contribution in [0.3, 0.4) is 0 Å². The zero-order valence-corrected chi connectivity index (χ0v) is 29.5. The third kappa shape index (κ3) is 10.8. The second kappa shape index (κ2) is 18.3. The minimum absolute atomic E-state index is 0.0504. The minimum atomic E-state index is -2.17. The van der Waals surface area contributed by atoms with Gasteiger partial charge in [-0.1, -0.05) is 74.5 Å². The van der Waals surface area contributed by atoms with Crippen LogP contribution in [0.4, 0.5) is 4.79 Å². The zero-order valence-electron chi connectivity index (χ0n) is 29.5. The lowest BCUT2D eigenvalue weighted by atomic mass is 9.98. The monoisotopic (exact) mass is 746 g/mol. The van der Waals surface area contributed by atoms with Crippen LogP contribution in [0.1, 0.15) is 55.7 Å². The fourth-order valence-electron chi connectivity index (χ4n) is 6.07. The summed E-state index contributed by atoms with van der Waals surface area (Å²) in [4.78, 5) is 86.6. The molecule has 1 aliphatic rings. The van der Waals surface area contributed by atoms with Crippen molar-refractivity contribution in [2.24, 2.45) is 11.7 Å². The summed E-state index contributed by atoms with van der Waals surface area (Å²) >= 11 is 0. The predicted molar refractivity (Wildman–Crippen MR) is 191 cm³/mol. The fraction of sp³-hybridized carbons (Fsp3) is 0.342. The lowest BCUT2D eigenvalue weighted by Gasteiger charge is -2.25. The van der Waals surface area contributed by atoms with Crippen LogP contribution < -0.4 is 26.4 Å². The van der Waals surface area contributed by atoms with E-state index >= 15 is 0 Å². The van der Waals surface area contributed by atoms with Gasteiger partial charge in [0, 0.05) is 18.8 Å². The van der Waals surface area contributed by atoms with Gasteiger partial charge in [0.25, 0.3) is 6.10 Å². The molecule has 4 rings (SSSR count). The number of nitrogens with one attached hydrogen (secondary N) is 3. The van der Waals surface area contributed by atoms with E-state index in [4.69, 9.17) is 25.4 Å². The summed E-state index contributed by atoms with van der Waals surface area (Å²) in [5.41, 5.74) is 9.83. The van der Waals surface area contributed by atoms with Crippen molar-refractivity contribution < 1.29 is 58.4 Å². The molecule has 0 aliphatic heterocycles. The molecule has 3 atom stereocenters. The Bertz CT molecular complexity index is 1820. The highest BCUT2D eigenvalue weighted by atomic mass is 16.6. The van der Waals surface area contributed by atoms with Gasteiger partial charge >= 0.3 is 24.0 Å². The number of aliphatic carboxylic acids is 3. The Morgan fingerprint density at radius 2 is 1.26 bits per heavy atom. The number of nitrogens with two attached hydrogens (primary N) is 1. The number of primary amides is 1. The number of amides is 4. The number of alkyl carbamates (subject to hydrolysis) is 1. The summed E-state index contributed by atoms with van der Waals surface area (Å²) in [5.74, 6) is -7.69. The van der Waals surface area contributed by atoms with Crippen molar-refractivity contribution >= 4 is 41.7 Å². The van der Waals surface area contributed by atoms with Crippen LogP contribution in [0.15, 0.2) is 72.8 Å². The van der Waals surface area contributed by atoms with Gasteiger partial charge < -0.3 is 46.5 Å². The number of carbonyl (C=O) groups excluding carboxylic acids is 4. The van der Waals surface area contributed by atoms with Gasteiger partial charge in [0.2, 0.25) is 17.7 Å². The van der Waals surface area contributed by atoms with Crippen LogP contribution in [0.2, 0.25) is 0 Å². The molecule has 0 spiro atoms. The molecule has 1 aliphatic carbocycles. The van der Waals surface area contributed by atoms with E-state index in [0.29, 0.717) is 5.56 Å². The molecule has 3 aromatic rings. The normalized spacial score (nSPS) is 13.5. The summed E-state index contributed by atoms with van der Waals surface area (Å²) in [6.07, 6.45) is -4.09. The molecule has 0 fully saturated rings. The SMILES string of the molecule is CC(C)C[C@H](NC(=O)[C@H](Cc1ccc(OC(C(=O)O)C(=O)O)cc1)NC(=O)[C@H](CCC(=O)O)NC(=O)OCC1c2ccccc2-c2ccccc21)C(N)=O. The molecular weight excluding hydrogens is 704 g/mol. The van der Waals surface area contributed by atoms with E-state index in [-0.39, 0.29) is 43.5 Å². The smallest absolute Gasteiger partial charge is 0.407 e. The number of fused-ring (bicyclic) bond motifs is 3. The lowest BCUT2D eigenvalue weighted by molar-refractivity contribution is -0.159. The summed E-state index contributed by atoms with van der Waals surface area (Å²) < 4.78 is 10.6. The first kappa shape index (κ1) is 40.3. The minimum Gasteiger partial charge on any atom is -0.481 e. The molecule has 3 aromatic carbocycles. The third-order valence-electron chi connectivity index (χ3n) is 8.66. The topological polar surface area (TPSA) is 261 Å². The second-order valence-electron chi connectivity index (χ2n) is 13.1. The first-order valence-corrected chi connectivity index (χ1v) is 17.1. The van der Waals surface area contributed by atoms with Crippen LogP contribution >= 0.6 is 0 Å². The van der Waals surface area contributed by atoms with E-state index in [1.807, 2.05) is 62.4 Å². The average molecular weight is 747 g/mol. The van der Waals surface area contributed by atoms with Crippen LogP contribution in [-0.2, 0) is 39.9 Å². The Labute approximate surface area is 310 Å². The van der Waals surface area contributed by atoms with Gasteiger partial charge in [-0.3, -0.25) is 19.2 Å². The van der Waals surface area contributed by atoms with Crippen LogP contribution in [0.5, 0.6) is 5.75 Å². The Morgan fingerprint density at radius 1 is 0.722 bits per heavy atom. The Kier molecular flexibility index (Phi) is 13.7. The van der Waals surface area contributed by atoms with Crippen molar-refractivity contribution in [3.63, 3.8) is 0 Å². The van der Waals surface area contributed by atoms with Crippen molar-refractivity contribution in [2.75, 3.05) is 6.61 Å². The molecule has 16 nitrogen and oxygen atoms in total. The lowest BCUT2D eigenvalue weighted by Crippen LogP contribution is -2.57. The van der Waals surface area contributed by atoms with Gasteiger partial charge in [0.15, 0.2) is 0 Å². The highest BCUT2D eigenvalue weighted by Crippen LogP contribution is 2.44. The molecule has 0 unspecified atom stereocenters. The highest BCUT2D eigenvalue weighted by molar-refractivity contribution is 5.96. The maximum atomic E-state index is 13.7. The third-order valence-corrected chi connectivity index (χ3v) is 8.66. The van der Waals surface area contributed by atoms with Gasteiger partial charge in [0.05, 0.1) is 0 Å². The van der Waals surface area contributed by atoms with Gasteiger partial charge in [-0.25, -0.2) is 14.4 Å². The molecule has 0 heterocycles. The summed E-state index contributed by atoms with van der Waals surface area (Å²) in [5, 5.41) is 35.1. The first-order chi connectivity index (χ1) is 25.6. The van der Waals surface area contributed by atoms with E-state index in [1.54, 1.807) is 0 Å². The Hall–Kier alpha value is -6.45. The van der Waals surface area contributed by atoms with E-state index < -0.39 is 72.4 Å². The van der Waals surface area contributed by atoms with Crippen molar-refractivity contribution in [2.45, 2.75) is 69.7 Å². The Morgan fingerprint density at radius 3 is 1.78 bits per heavy atom. The highest BCUT2D eigenvalue weighted by Gasteiger charge is 2.33. The Balaban J connectivity index is 1.52. The molecule has 0 aromatic heterocycles. The van der Waals surface area contributed by atoms with Gasteiger partial charge in [-0.05, 0) is 58.7 Å². The summed E-state index contributed by atoms with van der Waals surface area (Å²) in [6.45, 7) is 3.54. The van der Waals surface area contributed by atoms with Gasteiger partial charge in [-0.2, -0.15) is 0 Å². The number of carboxylic acid groups (broad SMARTS) is 3. The number of rotatable bonds is 19. The molecule has 16 heteroatoms. The number of carboxylic acids is 3. The van der Waals surface area contributed by atoms with E-state index in [0.717, 1.165) is 22.3 Å². The number of benzene rings is 3. The maximum absolute atomic E-state index is 13.7. The van der Waals surface area contributed by atoms with E-state index in [2.05, 4.69) is 16.0 Å². The molecule has 8 N–H and O–H groups in total. The molecule has 0 saturated carbocycles. The van der Waals surface area contributed by atoms with Crippen molar-refractivity contribution in [3.05, 3.63) is 89.5 Å². The van der Waals surface area contributed by atoms with E-state index in [9.17, 15) is 38.7 Å². The summed E-state index contributed by atoms with van der Waals surface area (Å²) in [7, 11) is 0. The molecule has 286 valence electrons. The van der Waals surface area contributed by atoms with E-state index in [1.165, 1.54) is 24.3 Å².